The van der Waals surface area contributed by atoms with E-state index in [2.05, 4.69) is 21.2 Å². The minimum atomic E-state index is -0.866. The first-order valence-electron chi connectivity index (χ1n) is 5.53. The van der Waals surface area contributed by atoms with E-state index in [9.17, 15) is 4.79 Å². The van der Waals surface area contributed by atoms with Crippen LogP contribution in [0, 0.1) is 0 Å². The Morgan fingerprint density at radius 1 is 1.53 bits per heavy atom. The SMILES string of the molecule is O=C(O)C1CCC(CNc2cccc(Br)c2)O1. The molecule has 0 bridgehead atoms. The molecule has 1 saturated heterocycles. The Labute approximate surface area is 108 Å². The number of nitrogens with one attached hydrogen (secondary N) is 1. The van der Waals surface area contributed by atoms with Crippen molar-refractivity contribution in [3.63, 3.8) is 0 Å². The second-order valence-electron chi connectivity index (χ2n) is 4.05. The second kappa shape index (κ2) is 5.51. The molecule has 2 N–H and O–H groups in total. The number of halogens is 1. The van der Waals surface area contributed by atoms with Gasteiger partial charge in [0.1, 0.15) is 0 Å². The predicted molar refractivity (Wildman–Crippen MR) is 68.2 cm³/mol. The Morgan fingerprint density at radius 3 is 3.00 bits per heavy atom. The van der Waals surface area contributed by atoms with Crippen molar-refractivity contribution in [2.75, 3.05) is 11.9 Å². The van der Waals surface area contributed by atoms with E-state index in [4.69, 9.17) is 9.84 Å². The first kappa shape index (κ1) is 12.4. The lowest BCUT2D eigenvalue weighted by molar-refractivity contribution is -0.149. The van der Waals surface area contributed by atoms with Crippen LogP contribution >= 0.6 is 15.9 Å². The van der Waals surface area contributed by atoms with Gasteiger partial charge in [0.05, 0.1) is 6.10 Å². The van der Waals surface area contributed by atoms with Gasteiger partial charge in [-0.25, -0.2) is 4.79 Å². The molecule has 2 rings (SSSR count). The van der Waals surface area contributed by atoms with E-state index in [1.165, 1.54) is 0 Å². The number of ether oxygens (including phenoxy) is 1. The Morgan fingerprint density at radius 2 is 2.35 bits per heavy atom. The van der Waals surface area contributed by atoms with Gasteiger partial charge in [0.15, 0.2) is 6.10 Å². The van der Waals surface area contributed by atoms with Gasteiger partial charge in [-0.05, 0) is 31.0 Å². The number of carboxylic acids is 1. The summed E-state index contributed by atoms with van der Waals surface area (Å²) in [6.45, 7) is 0.639. The smallest absolute Gasteiger partial charge is 0.332 e. The van der Waals surface area contributed by atoms with Crippen LogP contribution in [0.5, 0.6) is 0 Å². The zero-order valence-electron chi connectivity index (χ0n) is 9.23. The van der Waals surface area contributed by atoms with Crippen molar-refractivity contribution in [2.45, 2.75) is 25.0 Å². The van der Waals surface area contributed by atoms with Gasteiger partial charge in [-0.1, -0.05) is 22.0 Å². The van der Waals surface area contributed by atoms with Crippen molar-refractivity contribution >= 4 is 27.6 Å². The quantitative estimate of drug-likeness (QED) is 0.897. The molecule has 1 aliphatic heterocycles. The third kappa shape index (κ3) is 3.44. The molecule has 5 heteroatoms. The lowest BCUT2D eigenvalue weighted by Crippen LogP contribution is -2.24. The lowest BCUT2D eigenvalue weighted by Gasteiger charge is -2.13. The van der Waals surface area contributed by atoms with Crippen LogP contribution in [0.15, 0.2) is 28.7 Å². The Kier molecular flexibility index (Phi) is 4.02. The maximum atomic E-state index is 10.7. The standard InChI is InChI=1S/C12H14BrNO3/c13-8-2-1-3-9(6-8)14-7-10-4-5-11(17-10)12(15)16/h1-3,6,10-11,14H,4-5,7H2,(H,15,16). The third-order valence-electron chi connectivity index (χ3n) is 2.74. The number of anilines is 1. The second-order valence-corrected chi connectivity index (χ2v) is 4.97. The molecule has 0 amide bonds. The van der Waals surface area contributed by atoms with E-state index in [1.54, 1.807) is 0 Å². The largest absolute Gasteiger partial charge is 0.479 e. The molecule has 0 radical (unpaired) electrons. The molecule has 1 aromatic rings. The van der Waals surface area contributed by atoms with Crippen molar-refractivity contribution in [3.8, 4) is 0 Å². The Bertz CT molecular complexity index is 410. The molecule has 2 unspecified atom stereocenters. The van der Waals surface area contributed by atoms with Crippen molar-refractivity contribution in [2.24, 2.45) is 0 Å². The molecule has 1 heterocycles. The maximum Gasteiger partial charge on any atom is 0.332 e. The van der Waals surface area contributed by atoms with E-state index in [0.717, 1.165) is 16.6 Å². The highest BCUT2D eigenvalue weighted by Gasteiger charge is 2.30. The summed E-state index contributed by atoms with van der Waals surface area (Å²) >= 11 is 3.40. The molecular weight excluding hydrogens is 286 g/mol. The van der Waals surface area contributed by atoms with Gasteiger partial charge in [0.25, 0.3) is 0 Å². The summed E-state index contributed by atoms with van der Waals surface area (Å²) in [6.07, 6.45) is 0.734. The fourth-order valence-corrected chi connectivity index (χ4v) is 2.27. The first-order valence-corrected chi connectivity index (χ1v) is 6.32. The molecule has 0 aliphatic carbocycles. The fraction of sp³-hybridized carbons (Fsp3) is 0.417. The van der Waals surface area contributed by atoms with Crippen LogP contribution in [0.25, 0.3) is 0 Å². The average molecular weight is 300 g/mol. The summed E-state index contributed by atoms with van der Waals surface area (Å²) in [6, 6.07) is 7.84. The van der Waals surface area contributed by atoms with Crippen LogP contribution in [0.2, 0.25) is 0 Å². The molecule has 1 aliphatic rings. The molecule has 0 saturated carbocycles. The van der Waals surface area contributed by atoms with Gasteiger partial charge >= 0.3 is 5.97 Å². The maximum absolute atomic E-state index is 10.7. The highest BCUT2D eigenvalue weighted by Crippen LogP contribution is 2.21. The molecule has 0 aromatic heterocycles. The summed E-state index contributed by atoms with van der Waals surface area (Å²) < 4.78 is 6.41. The number of hydrogen-bond acceptors (Lipinski definition) is 3. The molecule has 17 heavy (non-hydrogen) atoms. The van der Waals surface area contributed by atoms with Gasteiger partial charge in [0, 0.05) is 16.7 Å². The van der Waals surface area contributed by atoms with Crippen molar-refractivity contribution < 1.29 is 14.6 Å². The normalized spacial score (nSPS) is 23.6. The lowest BCUT2D eigenvalue weighted by atomic mass is 10.2. The monoisotopic (exact) mass is 299 g/mol. The summed E-state index contributed by atoms with van der Waals surface area (Å²) in [5.41, 5.74) is 1.00. The highest BCUT2D eigenvalue weighted by atomic mass is 79.9. The van der Waals surface area contributed by atoms with Crippen LogP contribution in [-0.2, 0) is 9.53 Å². The minimum Gasteiger partial charge on any atom is -0.479 e. The summed E-state index contributed by atoms with van der Waals surface area (Å²) in [5, 5.41) is 12.0. The molecule has 0 spiro atoms. The number of benzene rings is 1. The molecule has 92 valence electrons. The Hall–Kier alpha value is -1.07. The molecule has 1 fully saturated rings. The number of hydrogen-bond donors (Lipinski definition) is 2. The Balaban J connectivity index is 1.82. The van der Waals surface area contributed by atoms with Crippen LogP contribution in [0.3, 0.4) is 0 Å². The average Bonchev–Trinajstić information content (AvgIpc) is 2.75. The summed E-state index contributed by atoms with van der Waals surface area (Å²) in [7, 11) is 0. The number of rotatable bonds is 4. The third-order valence-corrected chi connectivity index (χ3v) is 3.23. The zero-order valence-corrected chi connectivity index (χ0v) is 10.8. The van der Waals surface area contributed by atoms with Gasteiger partial charge in [-0.15, -0.1) is 0 Å². The number of carbonyl (C=O) groups is 1. The van der Waals surface area contributed by atoms with Gasteiger partial charge in [0.2, 0.25) is 0 Å². The van der Waals surface area contributed by atoms with E-state index in [-0.39, 0.29) is 6.10 Å². The van der Waals surface area contributed by atoms with Crippen molar-refractivity contribution in [3.05, 3.63) is 28.7 Å². The predicted octanol–water partition coefficient (Wildman–Crippen LogP) is 2.49. The van der Waals surface area contributed by atoms with Crippen molar-refractivity contribution in [1.82, 2.24) is 0 Å². The van der Waals surface area contributed by atoms with Crippen LogP contribution in [0.4, 0.5) is 5.69 Å². The van der Waals surface area contributed by atoms with Crippen LogP contribution in [-0.4, -0.2) is 29.8 Å². The summed E-state index contributed by atoms with van der Waals surface area (Å²) in [4.78, 5) is 10.7. The minimum absolute atomic E-state index is 0.0184. The highest BCUT2D eigenvalue weighted by molar-refractivity contribution is 9.10. The van der Waals surface area contributed by atoms with Crippen molar-refractivity contribution in [1.29, 1.82) is 0 Å². The summed E-state index contributed by atoms with van der Waals surface area (Å²) in [5.74, 6) is -0.866. The first-order chi connectivity index (χ1) is 8.15. The number of aliphatic carboxylic acids is 1. The molecule has 2 atom stereocenters. The van der Waals surface area contributed by atoms with E-state index < -0.39 is 12.1 Å². The molecule has 4 nitrogen and oxygen atoms in total. The van der Waals surface area contributed by atoms with E-state index in [1.807, 2.05) is 24.3 Å². The number of carboxylic acid groups (broad SMARTS) is 1. The van der Waals surface area contributed by atoms with E-state index in [0.29, 0.717) is 13.0 Å². The van der Waals surface area contributed by atoms with Gasteiger partial charge < -0.3 is 15.2 Å². The molecular formula is C12H14BrNO3. The van der Waals surface area contributed by atoms with Gasteiger partial charge in [-0.2, -0.15) is 0 Å². The van der Waals surface area contributed by atoms with E-state index >= 15 is 0 Å². The van der Waals surface area contributed by atoms with Crippen LogP contribution in [0.1, 0.15) is 12.8 Å². The topological polar surface area (TPSA) is 58.6 Å². The van der Waals surface area contributed by atoms with Gasteiger partial charge in [-0.3, -0.25) is 0 Å². The zero-order chi connectivity index (χ0) is 12.3. The van der Waals surface area contributed by atoms with Crippen LogP contribution < -0.4 is 5.32 Å². The fourth-order valence-electron chi connectivity index (χ4n) is 1.87. The molecule has 1 aromatic carbocycles.